The lowest BCUT2D eigenvalue weighted by Crippen LogP contribution is -2.21. The van der Waals surface area contributed by atoms with E-state index in [0.717, 1.165) is 0 Å². The predicted octanol–water partition coefficient (Wildman–Crippen LogP) is 2.78. The van der Waals surface area contributed by atoms with Crippen LogP contribution in [0.4, 0.5) is 4.39 Å². The van der Waals surface area contributed by atoms with E-state index in [-0.39, 0.29) is 17.3 Å². The molecule has 13 heavy (non-hydrogen) atoms. The van der Waals surface area contributed by atoms with E-state index in [1.54, 1.807) is 0 Å². The smallest absolute Gasteiger partial charge is 0.163 e. The zero-order valence-electron chi connectivity index (χ0n) is 7.85. The number of hydrogen-bond donors (Lipinski definition) is 0. The summed E-state index contributed by atoms with van der Waals surface area (Å²) in [7, 11) is 0. The van der Waals surface area contributed by atoms with Gasteiger partial charge < -0.3 is 9.47 Å². The zero-order valence-corrected chi connectivity index (χ0v) is 9.43. The average Bonchev–Trinajstić information content (AvgIpc) is 2.41. The van der Waals surface area contributed by atoms with Crippen molar-refractivity contribution in [3.05, 3.63) is 11.9 Å². The van der Waals surface area contributed by atoms with Gasteiger partial charge in [0.05, 0.1) is 18.0 Å². The van der Waals surface area contributed by atoms with E-state index in [9.17, 15) is 4.39 Å². The first kappa shape index (κ1) is 11.1. The molecule has 0 aromatic heterocycles. The Balaban J connectivity index is 2.33. The predicted molar refractivity (Wildman–Crippen MR) is 52.5 cm³/mol. The van der Waals surface area contributed by atoms with Gasteiger partial charge in [-0.15, -0.1) is 0 Å². The van der Waals surface area contributed by atoms with Crippen LogP contribution in [0.15, 0.2) is 11.9 Å². The van der Waals surface area contributed by atoms with Crippen molar-refractivity contribution in [3.8, 4) is 0 Å². The van der Waals surface area contributed by atoms with Gasteiger partial charge in [0.15, 0.2) is 5.79 Å². The van der Waals surface area contributed by atoms with E-state index in [1.165, 1.54) is 6.08 Å². The molecule has 4 heteroatoms. The van der Waals surface area contributed by atoms with E-state index in [4.69, 9.17) is 9.47 Å². The number of halogens is 2. The molecule has 0 aromatic rings. The van der Waals surface area contributed by atoms with Gasteiger partial charge >= 0.3 is 0 Å². The van der Waals surface area contributed by atoms with Crippen molar-refractivity contribution in [1.82, 2.24) is 0 Å². The minimum Gasteiger partial charge on any atom is -0.348 e. The molecule has 1 saturated heterocycles. The summed E-state index contributed by atoms with van der Waals surface area (Å²) in [5.74, 6) is -0.670. The highest BCUT2D eigenvalue weighted by Crippen LogP contribution is 2.24. The largest absolute Gasteiger partial charge is 0.348 e. The summed E-state index contributed by atoms with van der Waals surface area (Å²) >= 11 is 3.03. The molecule has 0 bridgehead atoms. The Kier molecular flexibility index (Phi) is 3.88. The van der Waals surface area contributed by atoms with Crippen molar-refractivity contribution in [3.63, 3.8) is 0 Å². The van der Waals surface area contributed by atoms with Gasteiger partial charge in [-0.3, -0.25) is 0 Å². The summed E-state index contributed by atoms with van der Waals surface area (Å²) < 4.78 is 23.5. The quantitative estimate of drug-likeness (QED) is 0.720. The molecule has 1 fully saturated rings. The maximum absolute atomic E-state index is 12.7. The molecule has 1 atom stereocenters. The number of hydrogen-bond acceptors (Lipinski definition) is 2. The third-order valence-corrected chi connectivity index (χ3v) is 2.33. The molecule has 1 heterocycles. The van der Waals surface area contributed by atoms with Gasteiger partial charge in [0.2, 0.25) is 0 Å². The van der Waals surface area contributed by atoms with E-state index in [2.05, 4.69) is 15.9 Å². The fraction of sp³-hybridized carbons (Fsp3) is 0.778. The van der Waals surface area contributed by atoms with Crippen molar-refractivity contribution in [1.29, 1.82) is 0 Å². The van der Waals surface area contributed by atoms with Crippen LogP contribution < -0.4 is 0 Å². The minimum atomic E-state index is -0.511. The molecule has 0 saturated carbocycles. The van der Waals surface area contributed by atoms with Gasteiger partial charge in [0.25, 0.3) is 0 Å². The highest BCUT2D eigenvalue weighted by atomic mass is 79.9. The van der Waals surface area contributed by atoms with Gasteiger partial charge in [0.1, 0.15) is 5.83 Å². The summed E-state index contributed by atoms with van der Waals surface area (Å²) in [5, 5.41) is 0.268. The number of ether oxygens (including phenoxy) is 2. The molecule has 2 nitrogen and oxygen atoms in total. The minimum absolute atomic E-state index is 0.0141. The maximum atomic E-state index is 12.7. The third-order valence-electron chi connectivity index (χ3n) is 1.80. The first-order valence-corrected chi connectivity index (χ1v) is 5.38. The molecular weight excluding hydrogens is 239 g/mol. The molecule has 0 aliphatic carbocycles. The first-order valence-electron chi connectivity index (χ1n) is 4.26. The normalized spacial score (nSPS) is 28.0. The molecule has 0 spiro atoms. The molecule has 0 radical (unpaired) electrons. The van der Waals surface area contributed by atoms with Crippen LogP contribution in [0.5, 0.6) is 0 Å². The maximum Gasteiger partial charge on any atom is 0.163 e. The fourth-order valence-electron chi connectivity index (χ4n) is 1.19. The Bertz CT molecular complexity index is 204. The molecule has 0 N–H and O–H groups in total. The van der Waals surface area contributed by atoms with Crippen molar-refractivity contribution in [2.24, 2.45) is 0 Å². The number of alkyl halides is 1. The molecular formula is C9H14BrFO2. The topological polar surface area (TPSA) is 18.5 Å². The molecule has 1 unspecified atom stereocenters. The highest BCUT2D eigenvalue weighted by molar-refractivity contribution is 9.09. The van der Waals surface area contributed by atoms with Crippen LogP contribution in [0.25, 0.3) is 0 Å². The lowest BCUT2D eigenvalue weighted by Gasteiger charge is -2.16. The van der Waals surface area contributed by atoms with E-state index in [0.29, 0.717) is 13.0 Å². The van der Waals surface area contributed by atoms with Gasteiger partial charge in [-0.2, -0.15) is 0 Å². The Morgan fingerprint density at radius 2 is 2.38 bits per heavy atom. The highest BCUT2D eigenvalue weighted by Gasteiger charge is 2.31. The second kappa shape index (κ2) is 4.53. The van der Waals surface area contributed by atoms with Crippen LogP contribution in [0.1, 0.15) is 20.3 Å². The monoisotopic (exact) mass is 252 g/mol. The van der Waals surface area contributed by atoms with E-state index >= 15 is 0 Å². The molecule has 0 aromatic carbocycles. The molecule has 0 amide bonds. The van der Waals surface area contributed by atoms with Crippen LogP contribution in [-0.2, 0) is 9.47 Å². The Labute approximate surface area is 86.2 Å². The summed E-state index contributed by atoms with van der Waals surface area (Å²) in [5.41, 5.74) is 0. The van der Waals surface area contributed by atoms with Crippen molar-refractivity contribution < 1.29 is 13.9 Å². The summed E-state index contributed by atoms with van der Waals surface area (Å²) in [4.78, 5) is 0. The van der Waals surface area contributed by atoms with Crippen LogP contribution in [0.2, 0.25) is 0 Å². The lowest BCUT2D eigenvalue weighted by molar-refractivity contribution is -0.137. The summed E-state index contributed by atoms with van der Waals surface area (Å²) in [6, 6.07) is 0. The third kappa shape index (κ3) is 3.75. The average molecular weight is 253 g/mol. The molecule has 1 rings (SSSR count). The standard InChI is InChI=1S/C9H14BrFO2/c1-9(2)12-6-8(13-9)4-3-7(11)5-10/h3,8H,4-6H2,1-2H3. The lowest BCUT2D eigenvalue weighted by atomic mass is 10.2. The van der Waals surface area contributed by atoms with Crippen molar-refractivity contribution >= 4 is 15.9 Å². The SMILES string of the molecule is CC1(C)OCC(CC=C(F)CBr)O1. The van der Waals surface area contributed by atoms with Crippen LogP contribution >= 0.6 is 15.9 Å². The van der Waals surface area contributed by atoms with Gasteiger partial charge in [-0.25, -0.2) is 4.39 Å². The zero-order chi connectivity index (χ0) is 9.90. The van der Waals surface area contributed by atoms with Crippen LogP contribution in [-0.4, -0.2) is 23.8 Å². The van der Waals surface area contributed by atoms with Gasteiger partial charge in [-0.05, 0) is 26.3 Å². The Morgan fingerprint density at radius 1 is 1.69 bits per heavy atom. The second-order valence-electron chi connectivity index (χ2n) is 3.47. The Hall–Kier alpha value is 0.0700. The summed E-state index contributed by atoms with van der Waals surface area (Å²) in [6.07, 6.45) is 2.09. The number of allylic oxidation sites excluding steroid dienone is 1. The first-order chi connectivity index (χ1) is 6.03. The van der Waals surface area contributed by atoms with Crippen molar-refractivity contribution in [2.75, 3.05) is 11.9 Å². The van der Waals surface area contributed by atoms with Gasteiger partial charge in [0, 0.05) is 0 Å². The van der Waals surface area contributed by atoms with E-state index in [1.807, 2.05) is 13.8 Å². The Morgan fingerprint density at radius 3 is 2.85 bits per heavy atom. The van der Waals surface area contributed by atoms with E-state index < -0.39 is 5.79 Å². The fourth-order valence-corrected chi connectivity index (χ4v) is 1.42. The van der Waals surface area contributed by atoms with Crippen LogP contribution in [0, 0.1) is 0 Å². The van der Waals surface area contributed by atoms with Crippen LogP contribution in [0.3, 0.4) is 0 Å². The molecule has 76 valence electrons. The van der Waals surface area contributed by atoms with Crippen molar-refractivity contribution in [2.45, 2.75) is 32.2 Å². The summed E-state index contributed by atoms with van der Waals surface area (Å²) in [6.45, 7) is 4.26. The second-order valence-corrected chi connectivity index (χ2v) is 4.03. The molecule has 1 aliphatic rings. The number of rotatable bonds is 3. The molecule has 1 aliphatic heterocycles. The van der Waals surface area contributed by atoms with Gasteiger partial charge in [-0.1, -0.05) is 15.9 Å².